The molecule has 0 radical (unpaired) electrons. The predicted octanol–water partition coefficient (Wildman–Crippen LogP) is 1.73. The quantitative estimate of drug-likeness (QED) is 0.481. The second-order valence-corrected chi connectivity index (χ2v) is 4.17. The van der Waals surface area contributed by atoms with Crippen LogP contribution in [-0.2, 0) is 14.4 Å². The fourth-order valence-electron chi connectivity index (χ4n) is 1.99. The van der Waals surface area contributed by atoms with Crippen LogP contribution < -0.4 is 0 Å². The fraction of sp³-hybridized carbons (Fsp3) is 0.286. The number of aliphatic hydroxyl groups excluding tert-OH is 1. The standard InChI is InChI=1S/C14H15NO4/c1-15-19-14(8-5-9-16)10-12(13(17)18-14)11-6-3-2-4-7-11/h2-4,6-7,10,16H,1,5,8-9H2. The molecule has 1 aliphatic rings. The highest BCUT2D eigenvalue weighted by molar-refractivity contribution is 6.18. The van der Waals surface area contributed by atoms with Gasteiger partial charge in [-0.05, 0) is 12.0 Å². The maximum Gasteiger partial charge on any atom is 0.342 e. The number of carbonyl (C=O) groups excluding carboxylic acids is 1. The number of esters is 1. The van der Waals surface area contributed by atoms with Crippen LogP contribution in [0.2, 0.25) is 0 Å². The van der Waals surface area contributed by atoms with Gasteiger partial charge in [0.05, 0.1) is 5.57 Å². The molecular formula is C14H15NO4. The smallest absolute Gasteiger partial charge is 0.342 e. The number of rotatable bonds is 6. The van der Waals surface area contributed by atoms with Crippen molar-refractivity contribution < 1.29 is 19.5 Å². The average Bonchev–Trinajstić information content (AvgIpc) is 2.75. The number of hydrogen-bond acceptors (Lipinski definition) is 5. The summed E-state index contributed by atoms with van der Waals surface area (Å²) in [4.78, 5) is 17.0. The van der Waals surface area contributed by atoms with Crippen LogP contribution in [0.3, 0.4) is 0 Å². The van der Waals surface area contributed by atoms with Crippen molar-refractivity contribution in [3.05, 3.63) is 42.0 Å². The molecule has 19 heavy (non-hydrogen) atoms. The fourth-order valence-corrected chi connectivity index (χ4v) is 1.99. The van der Waals surface area contributed by atoms with E-state index in [2.05, 4.69) is 11.9 Å². The Bertz CT molecular complexity index is 497. The number of hydrogen-bond donors (Lipinski definition) is 1. The molecule has 0 bridgehead atoms. The second-order valence-electron chi connectivity index (χ2n) is 4.17. The third-order valence-corrected chi connectivity index (χ3v) is 2.84. The maximum atomic E-state index is 11.9. The Morgan fingerprint density at radius 2 is 2.11 bits per heavy atom. The first kappa shape index (κ1) is 13.3. The highest BCUT2D eigenvalue weighted by Crippen LogP contribution is 2.35. The van der Waals surface area contributed by atoms with Gasteiger partial charge in [0.2, 0.25) is 0 Å². The van der Waals surface area contributed by atoms with Crippen molar-refractivity contribution in [1.82, 2.24) is 0 Å². The molecule has 0 amide bonds. The monoisotopic (exact) mass is 261 g/mol. The van der Waals surface area contributed by atoms with E-state index in [4.69, 9.17) is 14.7 Å². The summed E-state index contributed by atoms with van der Waals surface area (Å²) in [5, 5.41) is 12.2. The van der Waals surface area contributed by atoms with Gasteiger partial charge in [-0.2, -0.15) is 0 Å². The van der Waals surface area contributed by atoms with Crippen molar-refractivity contribution in [2.75, 3.05) is 6.61 Å². The van der Waals surface area contributed by atoms with E-state index >= 15 is 0 Å². The van der Waals surface area contributed by atoms with Crippen molar-refractivity contribution >= 4 is 18.3 Å². The molecule has 100 valence electrons. The third-order valence-electron chi connectivity index (χ3n) is 2.84. The number of ether oxygens (including phenoxy) is 1. The molecule has 1 atom stereocenters. The summed E-state index contributed by atoms with van der Waals surface area (Å²) in [6.45, 7) is 3.23. The maximum absolute atomic E-state index is 11.9. The summed E-state index contributed by atoms with van der Waals surface area (Å²) in [5.41, 5.74) is 1.19. The van der Waals surface area contributed by atoms with Gasteiger partial charge >= 0.3 is 5.97 Å². The Morgan fingerprint density at radius 3 is 2.74 bits per heavy atom. The SMILES string of the molecule is C=NOC1(CCCO)C=C(c2ccccc2)C(=O)O1. The zero-order valence-electron chi connectivity index (χ0n) is 10.4. The Balaban J connectivity index is 2.31. The van der Waals surface area contributed by atoms with Gasteiger partial charge in [-0.15, -0.1) is 0 Å². The summed E-state index contributed by atoms with van der Waals surface area (Å²) in [6, 6.07) is 9.17. The Hall–Kier alpha value is -2.14. The van der Waals surface area contributed by atoms with Crippen molar-refractivity contribution in [3.8, 4) is 0 Å². The third kappa shape index (κ3) is 2.82. The Labute approximate surface area is 111 Å². The Morgan fingerprint density at radius 1 is 1.37 bits per heavy atom. The molecule has 1 aromatic rings. The highest BCUT2D eigenvalue weighted by Gasteiger charge is 2.42. The van der Waals surface area contributed by atoms with Crippen molar-refractivity contribution in [2.24, 2.45) is 5.16 Å². The molecule has 0 saturated carbocycles. The zero-order chi connectivity index (χ0) is 13.7. The van der Waals surface area contributed by atoms with Gasteiger partial charge in [0.15, 0.2) is 0 Å². The average molecular weight is 261 g/mol. The topological polar surface area (TPSA) is 68.1 Å². The minimum absolute atomic E-state index is 0.0195. The molecule has 0 aliphatic carbocycles. The Kier molecular flexibility index (Phi) is 3.97. The molecule has 0 saturated heterocycles. The summed E-state index contributed by atoms with van der Waals surface area (Å²) in [7, 11) is 0. The lowest BCUT2D eigenvalue weighted by molar-refractivity contribution is -0.200. The van der Waals surface area contributed by atoms with Crippen LogP contribution in [0.5, 0.6) is 0 Å². The van der Waals surface area contributed by atoms with E-state index in [1.54, 1.807) is 6.08 Å². The van der Waals surface area contributed by atoms with Crippen LogP contribution in [0.4, 0.5) is 0 Å². The van der Waals surface area contributed by atoms with Gasteiger partial charge in [0.25, 0.3) is 5.79 Å². The first-order chi connectivity index (χ1) is 9.21. The minimum atomic E-state index is -1.26. The first-order valence-corrected chi connectivity index (χ1v) is 5.97. The molecule has 1 aromatic carbocycles. The van der Waals surface area contributed by atoms with E-state index in [1.165, 1.54) is 0 Å². The molecule has 5 heteroatoms. The number of aliphatic hydroxyl groups is 1. The van der Waals surface area contributed by atoms with E-state index < -0.39 is 11.8 Å². The summed E-state index contributed by atoms with van der Waals surface area (Å²) in [6.07, 6.45) is 2.35. The number of benzene rings is 1. The van der Waals surface area contributed by atoms with Crippen LogP contribution in [0.25, 0.3) is 5.57 Å². The molecule has 1 N–H and O–H groups in total. The number of nitrogens with zero attached hydrogens (tertiary/aromatic N) is 1. The van der Waals surface area contributed by atoms with Gasteiger partial charge in [-0.25, -0.2) is 4.79 Å². The molecule has 0 aromatic heterocycles. The molecular weight excluding hydrogens is 246 g/mol. The summed E-state index contributed by atoms with van der Waals surface area (Å²) < 4.78 is 5.26. The minimum Gasteiger partial charge on any atom is -0.413 e. The van der Waals surface area contributed by atoms with Crippen molar-refractivity contribution in [3.63, 3.8) is 0 Å². The summed E-state index contributed by atoms with van der Waals surface area (Å²) in [5.74, 6) is -1.72. The van der Waals surface area contributed by atoms with E-state index in [-0.39, 0.29) is 6.61 Å². The molecule has 1 heterocycles. The molecule has 0 fully saturated rings. The summed E-state index contributed by atoms with van der Waals surface area (Å²) >= 11 is 0. The largest absolute Gasteiger partial charge is 0.413 e. The number of cyclic esters (lactones) is 1. The van der Waals surface area contributed by atoms with Crippen LogP contribution in [0.1, 0.15) is 18.4 Å². The van der Waals surface area contributed by atoms with Crippen LogP contribution >= 0.6 is 0 Å². The van der Waals surface area contributed by atoms with E-state index in [0.717, 1.165) is 5.56 Å². The van der Waals surface area contributed by atoms with Crippen molar-refractivity contribution in [2.45, 2.75) is 18.6 Å². The zero-order valence-corrected chi connectivity index (χ0v) is 10.4. The van der Waals surface area contributed by atoms with Crippen LogP contribution in [0, 0.1) is 0 Å². The van der Waals surface area contributed by atoms with Crippen molar-refractivity contribution in [1.29, 1.82) is 0 Å². The molecule has 0 spiro atoms. The highest BCUT2D eigenvalue weighted by atomic mass is 16.8. The van der Waals surface area contributed by atoms with Gasteiger partial charge in [0, 0.05) is 25.8 Å². The van der Waals surface area contributed by atoms with Gasteiger partial charge < -0.3 is 14.7 Å². The lowest BCUT2D eigenvalue weighted by atomic mass is 10.0. The van der Waals surface area contributed by atoms with Gasteiger partial charge in [0.1, 0.15) is 0 Å². The lowest BCUT2D eigenvalue weighted by Gasteiger charge is -2.22. The predicted molar refractivity (Wildman–Crippen MR) is 70.2 cm³/mol. The van der Waals surface area contributed by atoms with E-state index in [1.807, 2.05) is 30.3 Å². The molecule has 1 aliphatic heterocycles. The van der Waals surface area contributed by atoms with Crippen LogP contribution in [-0.4, -0.2) is 30.2 Å². The van der Waals surface area contributed by atoms with Gasteiger partial charge in [-0.1, -0.05) is 35.5 Å². The molecule has 2 rings (SSSR count). The van der Waals surface area contributed by atoms with E-state index in [9.17, 15) is 4.79 Å². The first-order valence-electron chi connectivity index (χ1n) is 5.97. The van der Waals surface area contributed by atoms with Gasteiger partial charge in [-0.3, -0.25) is 0 Å². The normalized spacial score (nSPS) is 21.7. The molecule has 5 nitrogen and oxygen atoms in total. The lowest BCUT2D eigenvalue weighted by Crippen LogP contribution is -2.30. The number of oxime groups is 1. The van der Waals surface area contributed by atoms with E-state index in [0.29, 0.717) is 18.4 Å². The van der Waals surface area contributed by atoms with Crippen LogP contribution in [0.15, 0.2) is 41.6 Å². The molecule has 1 unspecified atom stereocenters. The number of carbonyl (C=O) groups is 1. The second kappa shape index (κ2) is 5.67.